The van der Waals surface area contributed by atoms with Crippen molar-refractivity contribution in [3.8, 4) is 5.82 Å². The molecule has 10 nitrogen and oxygen atoms in total. The van der Waals surface area contributed by atoms with Crippen LogP contribution in [0.5, 0.6) is 0 Å². The molecule has 0 amide bonds. The highest BCUT2D eigenvalue weighted by Gasteiger charge is 2.45. The first-order chi connectivity index (χ1) is 14.6. The molecule has 4 unspecified atom stereocenters. The average molecular weight is 410 g/mol. The van der Waals surface area contributed by atoms with Crippen molar-refractivity contribution in [2.24, 2.45) is 5.92 Å². The van der Waals surface area contributed by atoms with Gasteiger partial charge in [0.25, 0.3) is 0 Å². The van der Waals surface area contributed by atoms with Crippen LogP contribution in [0.4, 0.5) is 17.3 Å². The molecule has 1 aliphatic carbocycles. The molecule has 2 aliphatic heterocycles. The van der Waals surface area contributed by atoms with Crippen LogP contribution in [0.2, 0.25) is 0 Å². The number of ether oxygens (including phenoxy) is 1. The lowest BCUT2D eigenvalue weighted by Crippen LogP contribution is -2.44. The van der Waals surface area contributed by atoms with Gasteiger partial charge in [0.05, 0.1) is 42.6 Å². The summed E-state index contributed by atoms with van der Waals surface area (Å²) in [6.07, 6.45) is 3.30. The molecule has 5 heterocycles. The fourth-order valence-corrected chi connectivity index (χ4v) is 5.31. The highest BCUT2D eigenvalue weighted by atomic mass is 16.5. The van der Waals surface area contributed by atoms with E-state index in [0.717, 1.165) is 48.6 Å². The maximum Gasteiger partial charge on any atom is 0.171 e. The Morgan fingerprint density at radius 3 is 2.90 bits per heavy atom. The zero-order valence-corrected chi connectivity index (χ0v) is 16.9. The Labute approximate surface area is 173 Å². The minimum atomic E-state index is -0.202. The molecule has 4 N–H and O–H groups in total. The first-order valence-electron chi connectivity index (χ1n) is 10.6. The van der Waals surface area contributed by atoms with Gasteiger partial charge in [0.15, 0.2) is 17.3 Å². The van der Waals surface area contributed by atoms with Crippen molar-refractivity contribution >= 4 is 28.4 Å². The number of nitrogens with one attached hydrogen (secondary N) is 1. The molecule has 4 atom stereocenters. The van der Waals surface area contributed by atoms with Crippen LogP contribution >= 0.6 is 0 Å². The van der Waals surface area contributed by atoms with Crippen LogP contribution in [0.3, 0.4) is 0 Å². The van der Waals surface area contributed by atoms with E-state index in [1.807, 2.05) is 6.07 Å². The Bertz CT molecular complexity index is 1080. The molecule has 158 valence electrons. The maximum atomic E-state index is 10.3. The molecule has 2 saturated heterocycles. The molecule has 3 aromatic heterocycles. The normalized spacial score (nSPS) is 28.7. The van der Waals surface area contributed by atoms with Crippen LogP contribution in [-0.2, 0) is 4.74 Å². The summed E-state index contributed by atoms with van der Waals surface area (Å²) >= 11 is 0. The molecule has 3 aliphatic rings. The van der Waals surface area contributed by atoms with E-state index in [9.17, 15) is 5.11 Å². The molecular formula is C20H26N8O2. The second-order valence-electron chi connectivity index (χ2n) is 8.66. The third kappa shape index (κ3) is 2.60. The summed E-state index contributed by atoms with van der Waals surface area (Å²) in [6, 6.07) is 4.55. The summed E-state index contributed by atoms with van der Waals surface area (Å²) in [5, 5.41) is 22.7. The van der Waals surface area contributed by atoms with E-state index >= 15 is 0 Å². The molecule has 10 heteroatoms. The van der Waals surface area contributed by atoms with E-state index in [0.29, 0.717) is 36.6 Å². The predicted octanol–water partition coefficient (Wildman–Crippen LogP) is 0.910. The Balaban J connectivity index is 1.54. The molecular weight excluding hydrogens is 384 g/mol. The van der Waals surface area contributed by atoms with Crippen molar-refractivity contribution in [2.75, 3.05) is 41.8 Å². The topological polar surface area (TPSA) is 121 Å². The van der Waals surface area contributed by atoms with Gasteiger partial charge in [-0.3, -0.25) is 5.10 Å². The van der Waals surface area contributed by atoms with Gasteiger partial charge in [0.2, 0.25) is 0 Å². The van der Waals surface area contributed by atoms with Gasteiger partial charge in [-0.1, -0.05) is 0 Å². The fourth-order valence-electron chi connectivity index (χ4n) is 5.31. The van der Waals surface area contributed by atoms with Crippen molar-refractivity contribution in [1.29, 1.82) is 0 Å². The van der Waals surface area contributed by atoms with E-state index in [2.05, 4.69) is 38.1 Å². The number of aliphatic hydroxyl groups is 1. The number of nitrogen functional groups attached to an aromatic ring is 1. The van der Waals surface area contributed by atoms with Gasteiger partial charge < -0.3 is 25.4 Å². The molecule has 1 saturated carbocycles. The number of nitrogens with zero attached hydrogens (tertiary/aromatic N) is 6. The smallest absolute Gasteiger partial charge is 0.171 e. The number of hydrogen-bond donors (Lipinski definition) is 3. The predicted molar refractivity (Wildman–Crippen MR) is 113 cm³/mol. The van der Waals surface area contributed by atoms with Gasteiger partial charge in [0, 0.05) is 37.2 Å². The number of anilines is 3. The van der Waals surface area contributed by atoms with Gasteiger partial charge in [-0.15, -0.1) is 5.10 Å². The van der Waals surface area contributed by atoms with Crippen LogP contribution in [0.25, 0.3) is 16.9 Å². The molecule has 0 aromatic carbocycles. The van der Waals surface area contributed by atoms with Crippen molar-refractivity contribution in [2.45, 2.75) is 38.0 Å². The Kier molecular flexibility index (Phi) is 3.94. The lowest BCUT2D eigenvalue weighted by molar-refractivity contribution is 0.0985. The van der Waals surface area contributed by atoms with E-state index in [1.54, 1.807) is 10.9 Å². The van der Waals surface area contributed by atoms with E-state index in [-0.39, 0.29) is 12.1 Å². The number of hydrogen-bond acceptors (Lipinski definition) is 8. The molecule has 6 rings (SSSR count). The monoisotopic (exact) mass is 410 g/mol. The standard InChI is InChI=1S/C20H26N8O2/c1-11-10-30-5-4-26(11)17-8-14(27-9-12-6-13(27)7-15(12)29)18-19(21)25-28(20(18)23-17)16-2-3-22-24-16/h2-3,8,11-13,15,29H,4-7,9-10H2,1H3,(H2,21,25)(H,22,24). The maximum absolute atomic E-state index is 10.3. The molecule has 3 aromatic rings. The molecule has 0 spiro atoms. The third-order valence-electron chi connectivity index (χ3n) is 6.82. The summed E-state index contributed by atoms with van der Waals surface area (Å²) < 4.78 is 7.37. The zero-order chi connectivity index (χ0) is 20.4. The number of morpholine rings is 1. The number of aromatic amines is 1. The number of nitrogens with two attached hydrogens (primary N) is 1. The van der Waals surface area contributed by atoms with Crippen LogP contribution in [0.1, 0.15) is 19.8 Å². The minimum absolute atomic E-state index is 0.202. The van der Waals surface area contributed by atoms with Gasteiger partial charge in [-0.05, 0) is 19.8 Å². The summed E-state index contributed by atoms with van der Waals surface area (Å²) in [4.78, 5) is 9.68. The highest BCUT2D eigenvalue weighted by Crippen LogP contribution is 2.44. The quantitative estimate of drug-likeness (QED) is 0.583. The summed E-state index contributed by atoms with van der Waals surface area (Å²) in [6.45, 7) is 5.13. The van der Waals surface area contributed by atoms with Crippen molar-refractivity contribution in [1.82, 2.24) is 25.0 Å². The number of aliphatic hydroxyl groups excluding tert-OH is 1. The second kappa shape index (κ2) is 6.58. The Morgan fingerprint density at radius 1 is 1.30 bits per heavy atom. The number of aromatic nitrogens is 5. The van der Waals surface area contributed by atoms with Crippen LogP contribution in [0.15, 0.2) is 18.3 Å². The Morgan fingerprint density at radius 2 is 2.20 bits per heavy atom. The van der Waals surface area contributed by atoms with E-state index < -0.39 is 0 Å². The highest BCUT2D eigenvalue weighted by molar-refractivity contribution is 6.00. The van der Waals surface area contributed by atoms with Crippen LogP contribution in [-0.4, -0.2) is 74.6 Å². The largest absolute Gasteiger partial charge is 0.393 e. The fraction of sp³-hybridized carbons (Fsp3) is 0.550. The Hall–Kier alpha value is -2.85. The van der Waals surface area contributed by atoms with Crippen LogP contribution in [0, 0.1) is 5.92 Å². The minimum Gasteiger partial charge on any atom is -0.393 e. The number of H-pyrrole nitrogens is 1. The van der Waals surface area contributed by atoms with Gasteiger partial charge >= 0.3 is 0 Å². The summed E-state index contributed by atoms with van der Waals surface area (Å²) in [5.41, 5.74) is 8.18. The van der Waals surface area contributed by atoms with Gasteiger partial charge in [-0.2, -0.15) is 9.78 Å². The molecule has 3 fully saturated rings. The first-order valence-corrected chi connectivity index (χ1v) is 10.6. The molecule has 2 bridgehead atoms. The molecule has 0 radical (unpaired) electrons. The number of rotatable bonds is 3. The van der Waals surface area contributed by atoms with Gasteiger partial charge in [0.1, 0.15) is 5.82 Å². The summed E-state index contributed by atoms with van der Waals surface area (Å²) in [7, 11) is 0. The lowest BCUT2D eigenvalue weighted by atomic mass is 10.1. The number of fused-ring (bicyclic) bond motifs is 3. The zero-order valence-electron chi connectivity index (χ0n) is 16.9. The van der Waals surface area contributed by atoms with Crippen LogP contribution < -0.4 is 15.5 Å². The van der Waals surface area contributed by atoms with E-state index in [1.165, 1.54) is 0 Å². The van der Waals surface area contributed by atoms with Gasteiger partial charge in [-0.25, -0.2) is 4.98 Å². The second-order valence-corrected chi connectivity index (χ2v) is 8.66. The third-order valence-corrected chi connectivity index (χ3v) is 6.82. The van der Waals surface area contributed by atoms with Crippen molar-refractivity contribution in [3.05, 3.63) is 18.3 Å². The SMILES string of the molecule is CC1COCCN1c1cc(N2CC3CC2CC3O)c2c(N)nn(-c3ccn[nH]3)c2n1. The average Bonchev–Trinajstić information content (AvgIpc) is 3.51. The van der Waals surface area contributed by atoms with Crippen molar-refractivity contribution in [3.63, 3.8) is 0 Å². The first kappa shape index (κ1) is 18.0. The molecule has 30 heavy (non-hydrogen) atoms. The van der Waals surface area contributed by atoms with Crippen molar-refractivity contribution < 1.29 is 9.84 Å². The number of piperidine rings is 1. The van der Waals surface area contributed by atoms with E-state index in [4.69, 9.17) is 15.5 Å². The number of pyridine rings is 1. The summed E-state index contributed by atoms with van der Waals surface area (Å²) in [5.74, 6) is 2.39. The lowest BCUT2D eigenvalue weighted by Gasteiger charge is -2.36.